The zero-order valence-corrected chi connectivity index (χ0v) is 12.4. The molecule has 3 N–H and O–H groups in total. The predicted octanol–water partition coefficient (Wildman–Crippen LogP) is 3.12. The third kappa shape index (κ3) is 4.79. The molecule has 2 rings (SSSR count). The third-order valence-electron chi connectivity index (χ3n) is 4.98. The fraction of sp³-hybridized carbons (Fsp3) is 0.938. The highest BCUT2D eigenvalue weighted by Gasteiger charge is 2.30. The lowest BCUT2D eigenvalue weighted by Gasteiger charge is -2.33. The molecule has 3 nitrogen and oxygen atoms in total. The molecule has 2 saturated carbocycles. The van der Waals surface area contributed by atoms with Crippen LogP contribution in [0.2, 0.25) is 0 Å². The summed E-state index contributed by atoms with van der Waals surface area (Å²) in [4.78, 5) is 12.2. The van der Waals surface area contributed by atoms with Crippen LogP contribution >= 0.6 is 0 Å². The molecule has 0 aliphatic heterocycles. The number of nitrogens with two attached hydrogens (primary N) is 1. The number of rotatable bonds is 3. The van der Waals surface area contributed by atoms with Gasteiger partial charge in [0.1, 0.15) is 0 Å². The van der Waals surface area contributed by atoms with Crippen LogP contribution in [-0.2, 0) is 4.79 Å². The number of carbonyl (C=O) groups excluding carboxylic acids is 1. The maximum Gasteiger partial charge on any atom is 0.222 e. The molecule has 2 aliphatic carbocycles. The smallest absolute Gasteiger partial charge is 0.222 e. The largest absolute Gasteiger partial charge is 0.353 e. The van der Waals surface area contributed by atoms with Crippen LogP contribution in [0.4, 0.5) is 0 Å². The first-order valence-corrected chi connectivity index (χ1v) is 8.16. The zero-order valence-electron chi connectivity index (χ0n) is 12.4. The van der Waals surface area contributed by atoms with E-state index in [4.69, 9.17) is 5.73 Å². The standard InChI is InChI=1S/C16H30N2O/c1-13-6-5-7-14(9-8-13)18-15(19)12-16(17)10-3-2-4-11-16/h13-14H,2-12,17H2,1H3,(H,18,19). The van der Waals surface area contributed by atoms with Gasteiger partial charge in [-0.1, -0.05) is 39.0 Å². The van der Waals surface area contributed by atoms with Gasteiger partial charge < -0.3 is 11.1 Å². The van der Waals surface area contributed by atoms with Crippen LogP contribution in [0.15, 0.2) is 0 Å². The topological polar surface area (TPSA) is 55.1 Å². The van der Waals surface area contributed by atoms with E-state index in [1.165, 1.54) is 38.5 Å². The number of hydrogen-bond acceptors (Lipinski definition) is 2. The van der Waals surface area contributed by atoms with Crippen molar-refractivity contribution in [1.29, 1.82) is 0 Å². The zero-order chi connectivity index (χ0) is 13.7. The average Bonchev–Trinajstić information content (AvgIpc) is 2.54. The molecule has 0 saturated heterocycles. The molecule has 2 atom stereocenters. The quantitative estimate of drug-likeness (QED) is 0.771. The minimum atomic E-state index is -0.222. The Kier molecular flexibility index (Phi) is 5.26. The van der Waals surface area contributed by atoms with Crippen LogP contribution in [0.1, 0.15) is 77.6 Å². The van der Waals surface area contributed by atoms with Gasteiger partial charge in [0.05, 0.1) is 0 Å². The van der Waals surface area contributed by atoms with Gasteiger partial charge >= 0.3 is 0 Å². The number of nitrogens with one attached hydrogen (secondary N) is 1. The minimum absolute atomic E-state index is 0.184. The fourth-order valence-electron chi connectivity index (χ4n) is 3.66. The lowest BCUT2D eigenvalue weighted by atomic mass is 9.80. The molecule has 0 bridgehead atoms. The first kappa shape index (κ1) is 14.8. The van der Waals surface area contributed by atoms with Gasteiger partial charge in [0.15, 0.2) is 0 Å². The summed E-state index contributed by atoms with van der Waals surface area (Å²) in [7, 11) is 0. The first-order valence-electron chi connectivity index (χ1n) is 8.16. The van der Waals surface area contributed by atoms with Crippen molar-refractivity contribution in [3.63, 3.8) is 0 Å². The maximum atomic E-state index is 12.2. The summed E-state index contributed by atoms with van der Waals surface area (Å²) >= 11 is 0. The van der Waals surface area contributed by atoms with Gasteiger partial charge in [-0.3, -0.25) is 4.79 Å². The van der Waals surface area contributed by atoms with E-state index in [0.717, 1.165) is 31.6 Å². The van der Waals surface area contributed by atoms with Crippen LogP contribution in [0.3, 0.4) is 0 Å². The molecule has 110 valence electrons. The Morgan fingerprint density at radius 3 is 2.58 bits per heavy atom. The Morgan fingerprint density at radius 1 is 1.11 bits per heavy atom. The molecule has 19 heavy (non-hydrogen) atoms. The lowest BCUT2D eigenvalue weighted by Crippen LogP contribution is -2.47. The molecular formula is C16H30N2O. The summed E-state index contributed by atoms with van der Waals surface area (Å²) in [6, 6.07) is 0.393. The van der Waals surface area contributed by atoms with Crippen molar-refractivity contribution in [2.24, 2.45) is 11.7 Å². The second-order valence-electron chi connectivity index (χ2n) is 6.98. The van der Waals surface area contributed by atoms with E-state index < -0.39 is 0 Å². The van der Waals surface area contributed by atoms with Crippen LogP contribution < -0.4 is 11.1 Å². The maximum absolute atomic E-state index is 12.2. The van der Waals surface area contributed by atoms with Gasteiger partial charge in [0.25, 0.3) is 0 Å². The number of amides is 1. The minimum Gasteiger partial charge on any atom is -0.353 e. The first-order chi connectivity index (χ1) is 9.07. The third-order valence-corrected chi connectivity index (χ3v) is 4.98. The predicted molar refractivity (Wildman–Crippen MR) is 78.8 cm³/mol. The van der Waals surface area contributed by atoms with Crippen LogP contribution in [-0.4, -0.2) is 17.5 Å². The van der Waals surface area contributed by atoms with E-state index in [9.17, 15) is 4.79 Å². The SMILES string of the molecule is CC1CCCC(NC(=O)CC2(N)CCCCC2)CC1. The van der Waals surface area contributed by atoms with Crippen molar-refractivity contribution < 1.29 is 4.79 Å². The van der Waals surface area contributed by atoms with Crippen molar-refractivity contribution in [2.75, 3.05) is 0 Å². The van der Waals surface area contributed by atoms with E-state index in [0.29, 0.717) is 12.5 Å². The highest BCUT2D eigenvalue weighted by atomic mass is 16.1. The van der Waals surface area contributed by atoms with Crippen molar-refractivity contribution in [3.8, 4) is 0 Å². The molecule has 0 aromatic carbocycles. The molecule has 1 amide bonds. The van der Waals surface area contributed by atoms with E-state index in [2.05, 4.69) is 12.2 Å². The highest BCUT2D eigenvalue weighted by Crippen LogP contribution is 2.29. The molecular weight excluding hydrogens is 236 g/mol. The Bertz CT molecular complexity index is 297. The molecule has 0 aromatic heterocycles. The second-order valence-corrected chi connectivity index (χ2v) is 6.98. The Hall–Kier alpha value is -0.570. The monoisotopic (exact) mass is 266 g/mol. The summed E-state index contributed by atoms with van der Waals surface area (Å²) < 4.78 is 0. The summed E-state index contributed by atoms with van der Waals surface area (Å²) in [5, 5.41) is 3.23. The van der Waals surface area contributed by atoms with E-state index in [1.54, 1.807) is 0 Å². The molecule has 0 heterocycles. The summed E-state index contributed by atoms with van der Waals surface area (Å²) in [5.41, 5.74) is 6.14. The summed E-state index contributed by atoms with van der Waals surface area (Å²) in [6.45, 7) is 2.32. The Labute approximate surface area is 117 Å². The van der Waals surface area contributed by atoms with Gasteiger partial charge in [0, 0.05) is 18.0 Å². The molecule has 0 aromatic rings. The van der Waals surface area contributed by atoms with Gasteiger partial charge in [-0.05, 0) is 38.0 Å². The average molecular weight is 266 g/mol. The van der Waals surface area contributed by atoms with Crippen LogP contribution in [0.25, 0.3) is 0 Å². The molecule has 2 fully saturated rings. The Morgan fingerprint density at radius 2 is 1.84 bits per heavy atom. The number of carbonyl (C=O) groups is 1. The van der Waals surface area contributed by atoms with Gasteiger partial charge in [-0.2, -0.15) is 0 Å². The van der Waals surface area contributed by atoms with Crippen molar-refractivity contribution in [3.05, 3.63) is 0 Å². The fourth-order valence-corrected chi connectivity index (χ4v) is 3.66. The van der Waals surface area contributed by atoms with Crippen LogP contribution in [0, 0.1) is 5.92 Å². The second kappa shape index (κ2) is 6.74. The molecule has 0 radical (unpaired) electrons. The summed E-state index contributed by atoms with van der Waals surface area (Å²) in [6.07, 6.45) is 12.3. The van der Waals surface area contributed by atoms with E-state index >= 15 is 0 Å². The van der Waals surface area contributed by atoms with Gasteiger partial charge in [0.2, 0.25) is 5.91 Å². The molecule has 0 spiro atoms. The number of hydrogen-bond donors (Lipinski definition) is 2. The van der Waals surface area contributed by atoms with E-state index in [-0.39, 0.29) is 11.4 Å². The molecule has 2 aliphatic rings. The molecule has 3 heteroatoms. The normalized spacial score (nSPS) is 31.5. The lowest BCUT2D eigenvalue weighted by molar-refractivity contribution is -0.123. The molecule has 2 unspecified atom stereocenters. The van der Waals surface area contributed by atoms with Crippen molar-refractivity contribution >= 4 is 5.91 Å². The van der Waals surface area contributed by atoms with Crippen molar-refractivity contribution in [1.82, 2.24) is 5.32 Å². The van der Waals surface area contributed by atoms with E-state index in [1.807, 2.05) is 0 Å². The van der Waals surface area contributed by atoms with Gasteiger partial charge in [-0.15, -0.1) is 0 Å². The van der Waals surface area contributed by atoms with Crippen LogP contribution in [0.5, 0.6) is 0 Å². The van der Waals surface area contributed by atoms with Gasteiger partial charge in [-0.25, -0.2) is 0 Å². The highest BCUT2D eigenvalue weighted by molar-refractivity contribution is 5.77. The summed E-state index contributed by atoms with van der Waals surface area (Å²) in [5.74, 6) is 1.00. The Balaban J connectivity index is 1.77. The van der Waals surface area contributed by atoms with Crippen molar-refractivity contribution in [2.45, 2.75) is 89.1 Å².